The largest absolute Gasteiger partial charge is 0.338 e. The van der Waals surface area contributed by atoms with Gasteiger partial charge in [0, 0.05) is 20.1 Å². The first kappa shape index (κ1) is 14.7. The minimum Gasteiger partial charge on any atom is -0.338 e. The molecule has 0 radical (unpaired) electrons. The minimum atomic E-state index is 0.873. The van der Waals surface area contributed by atoms with Crippen molar-refractivity contribution in [2.24, 2.45) is 0 Å². The number of halogens is 2. The molecule has 0 saturated carbocycles. The van der Waals surface area contributed by atoms with Crippen LogP contribution in [0.15, 0.2) is 75.7 Å². The lowest BCUT2D eigenvalue weighted by molar-refractivity contribution is 1.33. The number of hydrogen-bond donors (Lipinski definition) is 1. The van der Waals surface area contributed by atoms with Crippen LogP contribution in [-0.2, 0) is 0 Å². The Kier molecular flexibility index (Phi) is 3.79. The number of hydrogen-bond acceptors (Lipinski definition) is 1. The van der Waals surface area contributed by atoms with E-state index in [1.54, 1.807) is 0 Å². The van der Waals surface area contributed by atoms with Gasteiger partial charge in [0.2, 0.25) is 0 Å². The lowest BCUT2D eigenvalue weighted by Crippen LogP contribution is -1.89. The fraction of sp³-hybridized carbons (Fsp3) is 0. The molecule has 0 saturated heterocycles. The van der Waals surface area contributed by atoms with E-state index in [0.29, 0.717) is 0 Å². The lowest BCUT2D eigenvalue weighted by atomic mass is 9.99. The molecule has 4 heteroatoms. The maximum Gasteiger partial charge on any atom is 0.139 e. The summed E-state index contributed by atoms with van der Waals surface area (Å²) in [4.78, 5) is 8.17. The molecule has 0 fully saturated rings. The summed E-state index contributed by atoms with van der Waals surface area (Å²) in [6.07, 6.45) is 0. The maximum absolute atomic E-state index is 4.75. The quantitative estimate of drug-likeness (QED) is 0.392. The number of imidazole rings is 1. The molecular weight excluding hydrogens is 416 g/mol. The van der Waals surface area contributed by atoms with Crippen LogP contribution >= 0.6 is 31.9 Å². The van der Waals surface area contributed by atoms with Crippen molar-refractivity contribution in [3.63, 3.8) is 0 Å². The third-order valence-electron chi connectivity index (χ3n) is 3.80. The molecule has 0 bridgehead atoms. The number of fused-ring (bicyclic) bond motifs is 1. The number of para-hydroxylation sites is 2. The van der Waals surface area contributed by atoms with E-state index in [9.17, 15) is 0 Å². The number of nitrogens with one attached hydrogen (secondary N) is 1. The van der Waals surface area contributed by atoms with Crippen LogP contribution in [-0.4, -0.2) is 9.97 Å². The molecule has 1 heterocycles. The van der Waals surface area contributed by atoms with Crippen LogP contribution in [0.5, 0.6) is 0 Å². The number of aromatic amines is 1. The van der Waals surface area contributed by atoms with E-state index in [0.717, 1.165) is 42.5 Å². The predicted octanol–water partition coefficient (Wildman–Crippen LogP) is 6.42. The van der Waals surface area contributed by atoms with Crippen LogP contribution in [0.25, 0.3) is 33.5 Å². The zero-order chi connectivity index (χ0) is 15.8. The minimum absolute atomic E-state index is 0.873. The molecule has 0 aliphatic heterocycles. The summed E-state index contributed by atoms with van der Waals surface area (Å²) in [7, 11) is 0. The van der Waals surface area contributed by atoms with Gasteiger partial charge in [0.1, 0.15) is 5.82 Å². The average molecular weight is 428 g/mol. The summed E-state index contributed by atoms with van der Waals surface area (Å²) >= 11 is 7.35. The summed E-state index contributed by atoms with van der Waals surface area (Å²) in [5.74, 6) is 0.873. The Labute approximate surface area is 150 Å². The Balaban J connectivity index is 1.99. The molecule has 4 aromatic rings. The second-order valence-corrected chi connectivity index (χ2v) is 6.95. The fourth-order valence-electron chi connectivity index (χ4n) is 2.74. The number of benzene rings is 3. The molecular formula is C19H12Br2N2. The molecule has 0 aliphatic carbocycles. The molecule has 0 aliphatic rings. The van der Waals surface area contributed by atoms with Crippen molar-refractivity contribution in [2.75, 3.05) is 0 Å². The smallest absolute Gasteiger partial charge is 0.139 e. The number of aromatic nitrogens is 2. The van der Waals surface area contributed by atoms with Gasteiger partial charge in [-0.3, -0.25) is 0 Å². The van der Waals surface area contributed by atoms with E-state index < -0.39 is 0 Å². The van der Waals surface area contributed by atoms with Crippen molar-refractivity contribution in [1.82, 2.24) is 9.97 Å². The third kappa shape index (κ3) is 2.62. The van der Waals surface area contributed by atoms with Crippen LogP contribution in [0.1, 0.15) is 0 Å². The summed E-state index contributed by atoms with van der Waals surface area (Å²) in [6.45, 7) is 0. The summed E-state index contributed by atoms with van der Waals surface area (Å²) in [5, 5.41) is 0. The van der Waals surface area contributed by atoms with Crippen LogP contribution < -0.4 is 0 Å². The summed E-state index contributed by atoms with van der Waals surface area (Å²) < 4.78 is 2.10. The highest BCUT2D eigenvalue weighted by atomic mass is 79.9. The molecule has 1 N–H and O–H groups in total. The van der Waals surface area contributed by atoms with Crippen LogP contribution in [0.4, 0.5) is 0 Å². The Hall–Kier alpha value is -1.91. The third-order valence-corrected chi connectivity index (χ3v) is 5.15. The summed E-state index contributed by atoms with van der Waals surface area (Å²) in [6, 6.07) is 22.5. The van der Waals surface area contributed by atoms with Gasteiger partial charge in [0.05, 0.1) is 11.0 Å². The topological polar surface area (TPSA) is 28.7 Å². The van der Waals surface area contributed by atoms with Crippen LogP contribution in [0.2, 0.25) is 0 Å². The van der Waals surface area contributed by atoms with Gasteiger partial charge in [0.25, 0.3) is 0 Å². The van der Waals surface area contributed by atoms with Crippen molar-refractivity contribution < 1.29 is 0 Å². The number of rotatable bonds is 2. The predicted molar refractivity (Wildman–Crippen MR) is 102 cm³/mol. The molecule has 3 aromatic carbocycles. The Morgan fingerprint density at radius 3 is 2.22 bits per heavy atom. The first-order chi connectivity index (χ1) is 11.2. The molecule has 2 nitrogen and oxygen atoms in total. The first-order valence-corrected chi connectivity index (χ1v) is 8.81. The zero-order valence-electron chi connectivity index (χ0n) is 12.1. The highest BCUT2D eigenvalue weighted by Crippen LogP contribution is 2.40. The van der Waals surface area contributed by atoms with Crippen molar-refractivity contribution >= 4 is 42.9 Å². The van der Waals surface area contributed by atoms with Gasteiger partial charge < -0.3 is 4.98 Å². The van der Waals surface area contributed by atoms with E-state index in [2.05, 4.69) is 61.1 Å². The van der Waals surface area contributed by atoms with Gasteiger partial charge in [0.15, 0.2) is 0 Å². The summed E-state index contributed by atoms with van der Waals surface area (Å²) in [5.41, 5.74) is 5.35. The molecule has 112 valence electrons. The van der Waals surface area contributed by atoms with E-state index in [1.807, 2.05) is 42.5 Å². The number of H-pyrrole nitrogens is 1. The SMILES string of the molecule is Brc1ccccc1-c1c(Br)cccc1-c1nc2ccccc2[nH]1. The lowest BCUT2D eigenvalue weighted by Gasteiger charge is -2.12. The van der Waals surface area contributed by atoms with Gasteiger partial charge >= 0.3 is 0 Å². The molecule has 0 spiro atoms. The Morgan fingerprint density at radius 2 is 1.39 bits per heavy atom. The highest BCUT2D eigenvalue weighted by Gasteiger charge is 2.15. The Bertz CT molecular complexity index is 972. The fourth-order valence-corrected chi connectivity index (χ4v) is 3.80. The standard InChI is InChI=1S/C19H12Br2N2/c20-14-8-2-1-6-12(14)18-13(7-5-9-15(18)21)19-22-16-10-3-4-11-17(16)23-19/h1-11H,(H,22,23). The van der Waals surface area contributed by atoms with Gasteiger partial charge in [-0.1, -0.05) is 74.3 Å². The van der Waals surface area contributed by atoms with Crippen molar-refractivity contribution in [3.8, 4) is 22.5 Å². The van der Waals surface area contributed by atoms with Crippen LogP contribution in [0, 0.1) is 0 Å². The van der Waals surface area contributed by atoms with E-state index in [-0.39, 0.29) is 0 Å². The molecule has 0 atom stereocenters. The molecule has 4 rings (SSSR count). The van der Waals surface area contributed by atoms with Gasteiger partial charge in [-0.15, -0.1) is 0 Å². The molecule has 1 aromatic heterocycles. The molecule has 23 heavy (non-hydrogen) atoms. The van der Waals surface area contributed by atoms with E-state index in [1.165, 1.54) is 0 Å². The highest BCUT2D eigenvalue weighted by molar-refractivity contribution is 9.11. The Morgan fingerprint density at radius 1 is 0.696 bits per heavy atom. The molecule has 0 amide bonds. The first-order valence-electron chi connectivity index (χ1n) is 7.22. The van der Waals surface area contributed by atoms with Gasteiger partial charge in [-0.2, -0.15) is 0 Å². The second-order valence-electron chi connectivity index (χ2n) is 5.24. The zero-order valence-corrected chi connectivity index (χ0v) is 15.2. The van der Waals surface area contributed by atoms with Crippen molar-refractivity contribution in [3.05, 3.63) is 75.7 Å². The van der Waals surface area contributed by atoms with Crippen LogP contribution in [0.3, 0.4) is 0 Å². The van der Waals surface area contributed by atoms with Crippen molar-refractivity contribution in [2.45, 2.75) is 0 Å². The molecule has 0 unspecified atom stereocenters. The van der Waals surface area contributed by atoms with E-state index in [4.69, 9.17) is 4.98 Å². The average Bonchev–Trinajstić information content (AvgIpc) is 2.99. The van der Waals surface area contributed by atoms with Gasteiger partial charge in [-0.05, 0) is 29.8 Å². The number of nitrogens with zero attached hydrogens (tertiary/aromatic N) is 1. The van der Waals surface area contributed by atoms with E-state index >= 15 is 0 Å². The van der Waals surface area contributed by atoms with Crippen molar-refractivity contribution in [1.29, 1.82) is 0 Å². The monoisotopic (exact) mass is 426 g/mol. The van der Waals surface area contributed by atoms with Gasteiger partial charge in [-0.25, -0.2) is 4.98 Å². The second kappa shape index (κ2) is 5.95. The maximum atomic E-state index is 4.75. The normalized spacial score (nSPS) is 11.0.